The zero-order valence-corrected chi connectivity index (χ0v) is 16.8. The Balaban J connectivity index is 1.68. The normalized spacial score (nSPS) is 16.0. The molecule has 1 aromatic heterocycles. The molecule has 6 nitrogen and oxygen atoms in total. The monoisotopic (exact) mass is 381 g/mol. The predicted molar refractivity (Wildman–Crippen MR) is 107 cm³/mol. The van der Waals surface area contributed by atoms with Gasteiger partial charge >= 0.3 is 0 Å². The van der Waals surface area contributed by atoms with Crippen LogP contribution in [0, 0.1) is 16.7 Å². The number of carbonyl (C=O) groups excluding carboxylic acids is 1. The molecule has 0 radical (unpaired) electrons. The number of ether oxygens (including phenoxy) is 2. The van der Waals surface area contributed by atoms with Gasteiger partial charge < -0.3 is 14.4 Å². The standard InChI is InChI=1S/C22H27N3O3/c1-16(2)28-17-4-5-19-18(14-17)20(7-11-24-19)27-15-22(3)8-12-25(13-9-22)21(26)6-10-23/h4-5,7,11,14,16H,6,8-9,12-13,15H2,1-3H3. The molecule has 0 N–H and O–H groups in total. The highest BCUT2D eigenvalue weighted by Crippen LogP contribution is 2.34. The van der Waals surface area contributed by atoms with Crippen LogP contribution in [0.25, 0.3) is 10.9 Å². The first-order valence-electron chi connectivity index (χ1n) is 9.73. The molecule has 0 saturated carbocycles. The van der Waals surface area contributed by atoms with E-state index in [4.69, 9.17) is 14.7 Å². The van der Waals surface area contributed by atoms with Crippen LogP contribution in [0.4, 0.5) is 0 Å². The Hall–Kier alpha value is -2.81. The van der Waals surface area contributed by atoms with Gasteiger partial charge in [0.15, 0.2) is 0 Å². The molecule has 0 spiro atoms. The number of likely N-dealkylation sites (tertiary alicyclic amines) is 1. The lowest BCUT2D eigenvalue weighted by atomic mass is 9.81. The van der Waals surface area contributed by atoms with E-state index in [1.165, 1.54) is 0 Å². The minimum Gasteiger partial charge on any atom is -0.492 e. The number of fused-ring (bicyclic) bond motifs is 1. The van der Waals surface area contributed by atoms with Crippen molar-refractivity contribution in [2.24, 2.45) is 5.41 Å². The van der Waals surface area contributed by atoms with E-state index in [0.717, 1.165) is 35.2 Å². The van der Waals surface area contributed by atoms with Gasteiger partial charge in [0.25, 0.3) is 0 Å². The van der Waals surface area contributed by atoms with Gasteiger partial charge in [-0.15, -0.1) is 0 Å². The number of benzene rings is 1. The highest BCUT2D eigenvalue weighted by Gasteiger charge is 2.32. The molecule has 148 valence electrons. The first-order valence-corrected chi connectivity index (χ1v) is 9.73. The maximum atomic E-state index is 11.9. The minimum atomic E-state index is -0.0803. The molecule has 6 heteroatoms. The summed E-state index contributed by atoms with van der Waals surface area (Å²) in [5.74, 6) is 1.52. The first kappa shape index (κ1) is 19.9. The van der Waals surface area contributed by atoms with Crippen molar-refractivity contribution in [1.29, 1.82) is 5.26 Å². The van der Waals surface area contributed by atoms with E-state index < -0.39 is 0 Å². The molecule has 2 aromatic rings. The van der Waals surface area contributed by atoms with Crippen molar-refractivity contribution in [3.63, 3.8) is 0 Å². The van der Waals surface area contributed by atoms with E-state index >= 15 is 0 Å². The van der Waals surface area contributed by atoms with Crippen molar-refractivity contribution in [3.05, 3.63) is 30.5 Å². The molecule has 1 fully saturated rings. The first-order chi connectivity index (χ1) is 13.4. The molecule has 1 aliphatic heterocycles. The fourth-order valence-electron chi connectivity index (χ4n) is 3.44. The summed E-state index contributed by atoms with van der Waals surface area (Å²) in [6, 6.07) is 9.66. The number of pyridine rings is 1. The number of amides is 1. The summed E-state index contributed by atoms with van der Waals surface area (Å²) in [5.41, 5.74) is 0.862. The quantitative estimate of drug-likeness (QED) is 0.757. The molecule has 1 aliphatic rings. The lowest BCUT2D eigenvalue weighted by Gasteiger charge is -2.39. The van der Waals surface area contributed by atoms with Crippen molar-refractivity contribution in [1.82, 2.24) is 9.88 Å². The van der Waals surface area contributed by atoms with Crippen molar-refractivity contribution in [2.75, 3.05) is 19.7 Å². The SMILES string of the molecule is CC(C)Oc1ccc2nccc(OCC3(C)CCN(C(=O)CC#N)CC3)c2c1. The second kappa shape index (κ2) is 8.47. The van der Waals surface area contributed by atoms with Gasteiger partial charge in [-0.25, -0.2) is 0 Å². The van der Waals surface area contributed by atoms with Crippen LogP contribution in [0.15, 0.2) is 30.5 Å². The molecule has 2 heterocycles. The summed E-state index contributed by atoms with van der Waals surface area (Å²) >= 11 is 0. The van der Waals surface area contributed by atoms with Crippen LogP contribution in [-0.2, 0) is 4.79 Å². The van der Waals surface area contributed by atoms with E-state index in [2.05, 4.69) is 11.9 Å². The van der Waals surface area contributed by atoms with Crippen LogP contribution in [-0.4, -0.2) is 41.6 Å². The van der Waals surface area contributed by atoms with Gasteiger partial charge in [-0.1, -0.05) is 6.92 Å². The zero-order chi connectivity index (χ0) is 20.1. The highest BCUT2D eigenvalue weighted by molar-refractivity contribution is 5.86. The third kappa shape index (κ3) is 4.72. The summed E-state index contributed by atoms with van der Waals surface area (Å²) in [6.45, 7) is 8.10. The van der Waals surface area contributed by atoms with Crippen molar-refractivity contribution in [2.45, 2.75) is 46.1 Å². The Bertz CT molecular complexity index is 880. The fraction of sp³-hybridized carbons (Fsp3) is 0.500. The number of hydrogen-bond donors (Lipinski definition) is 0. The topological polar surface area (TPSA) is 75.5 Å². The van der Waals surface area contributed by atoms with Crippen LogP contribution in [0.3, 0.4) is 0 Å². The molecule has 1 saturated heterocycles. The maximum absolute atomic E-state index is 11.9. The Kier molecular flexibility index (Phi) is 6.03. The van der Waals surface area contributed by atoms with Gasteiger partial charge in [-0.2, -0.15) is 5.26 Å². The number of carbonyl (C=O) groups is 1. The van der Waals surface area contributed by atoms with Crippen LogP contribution in [0.1, 0.15) is 40.0 Å². The van der Waals surface area contributed by atoms with Crippen LogP contribution in [0.2, 0.25) is 0 Å². The largest absolute Gasteiger partial charge is 0.492 e. The van der Waals surface area contributed by atoms with Crippen molar-refractivity contribution in [3.8, 4) is 17.6 Å². The molecule has 1 aromatic carbocycles. The average Bonchev–Trinajstić information content (AvgIpc) is 2.66. The van der Waals surface area contributed by atoms with Gasteiger partial charge in [0, 0.05) is 30.1 Å². The van der Waals surface area contributed by atoms with Crippen molar-refractivity contribution < 1.29 is 14.3 Å². The Morgan fingerprint density at radius 3 is 2.75 bits per heavy atom. The molecule has 0 atom stereocenters. The van der Waals surface area contributed by atoms with Crippen molar-refractivity contribution >= 4 is 16.8 Å². The second-order valence-corrected chi connectivity index (χ2v) is 7.97. The Morgan fingerprint density at radius 2 is 2.07 bits per heavy atom. The summed E-state index contributed by atoms with van der Waals surface area (Å²) in [6.07, 6.45) is 3.53. The van der Waals surface area contributed by atoms with Gasteiger partial charge in [-0.05, 0) is 51.0 Å². The van der Waals surface area contributed by atoms with Crippen LogP contribution >= 0.6 is 0 Å². The summed E-state index contributed by atoms with van der Waals surface area (Å²) in [7, 11) is 0. The minimum absolute atomic E-state index is 0.00887. The molecule has 3 rings (SSSR count). The number of rotatable bonds is 6. The van der Waals surface area contributed by atoms with E-state index in [9.17, 15) is 4.79 Å². The molecule has 0 unspecified atom stereocenters. The summed E-state index contributed by atoms with van der Waals surface area (Å²) < 4.78 is 12.0. The summed E-state index contributed by atoms with van der Waals surface area (Å²) in [4.78, 5) is 18.1. The third-order valence-electron chi connectivity index (χ3n) is 5.17. The van der Waals surface area contributed by atoms with E-state index in [0.29, 0.717) is 19.7 Å². The molecule has 28 heavy (non-hydrogen) atoms. The third-order valence-corrected chi connectivity index (χ3v) is 5.17. The van der Waals surface area contributed by atoms with Crippen LogP contribution < -0.4 is 9.47 Å². The van der Waals surface area contributed by atoms with E-state index in [-0.39, 0.29) is 23.8 Å². The number of hydrogen-bond acceptors (Lipinski definition) is 5. The van der Waals surface area contributed by atoms with Gasteiger partial charge in [0.05, 0.1) is 24.3 Å². The van der Waals surface area contributed by atoms with Gasteiger partial charge in [0.2, 0.25) is 5.91 Å². The smallest absolute Gasteiger partial charge is 0.236 e. The molecule has 1 amide bonds. The van der Waals surface area contributed by atoms with E-state index in [1.807, 2.05) is 44.2 Å². The highest BCUT2D eigenvalue weighted by atomic mass is 16.5. The lowest BCUT2D eigenvalue weighted by Crippen LogP contribution is -2.44. The van der Waals surface area contributed by atoms with E-state index in [1.54, 1.807) is 11.1 Å². The maximum Gasteiger partial charge on any atom is 0.236 e. The fourth-order valence-corrected chi connectivity index (χ4v) is 3.44. The molecular formula is C22H27N3O3. The summed E-state index contributed by atoms with van der Waals surface area (Å²) in [5, 5.41) is 9.64. The number of nitriles is 1. The van der Waals surface area contributed by atoms with Gasteiger partial charge in [0.1, 0.15) is 17.9 Å². The zero-order valence-electron chi connectivity index (χ0n) is 16.8. The Labute approximate surface area is 166 Å². The molecule has 0 aliphatic carbocycles. The molecular weight excluding hydrogens is 354 g/mol. The van der Waals surface area contributed by atoms with Crippen LogP contribution in [0.5, 0.6) is 11.5 Å². The number of nitrogens with zero attached hydrogens (tertiary/aromatic N) is 3. The number of piperidine rings is 1. The second-order valence-electron chi connectivity index (χ2n) is 7.97. The molecule has 0 bridgehead atoms. The predicted octanol–water partition coefficient (Wildman–Crippen LogP) is 3.94. The Morgan fingerprint density at radius 1 is 1.32 bits per heavy atom. The van der Waals surface area contributed by atoms with Gasteiger partial charge in [-0.3, -0.25) is 9.78 Å². The number of aromatic nitrogens is 1. The average molecular weight is 381 g/mol. The lowest BCUT2D eigenvalue weighted by molar-refractivity contribution is -0.132.